The highest BCUT2D eigenvalue weighted by Crippen LogP contribution is 2.04. The van der Waals surface area contributed by atoms with Crippen LogP contribution in [0.5, 0.6) is 0 Å². The molecule has 0 saturated heterocycles. The van der Waals surface area contributed by atoms with E-state index >= 15 is 0 Å². The van der Waals surface area contributed by atoms with Gasteiger partial charge in [-0.05, 0) is 20.3 Å². The first kappa shape index (κ1) is 14.9. The zero-order chi connectivity index (χ0) is 12.4. The lowest BCUT2D eigenvalue weighted by Gasteiger charge is -2.00. The van der Waals surface area contributed by atoms with E-state index in [4.69, 9.17) is 16.3 Å². The van der Waals surface area contributed by atoms with Gasteiger partial charge in [0, 0.05) is 6.20 Å². The third-order valence-electron chi connectivity index (χ3n) is 1.65. The number of aliphatic imine (C=N–C) groups is 1. The Kier molecular flexibility index (Phi) is 8.53. The van der Waals surface area contributed by atoms with E-state index in [0.717, 1.165) is 12.8 Å². The summed E-state index contributed by atoms with van der Waals surface area (Å²) in [7, 11) is 0. The molecular formula is C12H18ClNO2. The van der Waals surface area contributed by atoms with E-state index in [1.54, 1.807) is 19.9 Å². The Hall–Kier alpha value is -1.09. The summed E-state index contributed by atoms with van der Waals surface area (Å²) in [5.74, 6) is -0.378. The van der Waals surface area contributed by atoms with Crippen LogP contribution < -0.4 is 0 Å². The number of ether oxygens (including phenoxy) is 1. The number of allylic oxidation sites excluding steroid dienone is 1. The Morgan fingerprint density at radius 1 is 1.44 bits per heavy atom. The number of rotatable bonds is 6. The lowest BCUT2D eigenvalue weighted by Crippen LogP contribution is -2.05. The van der Waals surface area contributed by atoms with E-state index in [1.807, 2.05) is 6.08 Å². The Morgan fingerprint density at radius 2 is 2.12 bits per heavy atom. The first-order chi connectivity index (χ1) is 7.61. The topological polar surface area (TPSA) is 38.7 Å². The van der Waals surface area contributed by atoms with Crippen LogP contribution in [0.2, 0.25) is 0 Å². The molecule has 0 N–H and O–H groups in total. The van der Waals surface area contributed by atoms with Crippen molar-refractivity contribution in [2.75, 3.05) is 6.61 Å². The predicted octanol–water partition coefficient (Wildman–Crippen LogP) is 3.45. The highest BCUT2D eigenvalue weighted by Gasteiger charge is 2.06. The second-order valence-corrected chi connectivity index (χ2v) is 3.67. The van der Waals surface area contributed by atoms with Crippen LogP contribution in [-0.4, -0.2) is 17.7 Å². The molecule has 90 valence electrons. The molecule has 0 aromatic rings. The van der Waals surface area contributed by atoms with Gasteiger partial charge in [0.25, 0.3) is 0 Å². The fraction of sp³-hybridized carbons (Fsp3) is 0.500. The first-order valence-electron chi connectivity index (χ1n) is 5.35. The van der Waals surface area contributed by atoms with E-state index in [9.17, 15) is 4.79 Å². The van der Waals surface area contributed by atoms with Crippen molar-refractivity contribution in [2.45, 2.75) is 33.6 Å². The summed E-state index contributed by atoms with van der Waals surface area (Å²) in [6.07, 6.45) is 7.00. The minimum atomic E-state index is -0.378. The molecule has 16 heavy (non-hydrogen) atoms. The Labute approximate surface area is 102 Å². The fourth-order valence-corrected chi connectivity index (χ4v) is 0.962. The summed E-state index contributed by atoms with van der Waals surface area (Å²) in [6, 6.07) is 0. The molecule has 0 aromatic carbocycles. The van der Waals surface area contributed by atoms with Crippen molar-refractivity contribution < 1.29 is 9.53 Å². The van der Waals surface area contributed by atoms with E-state index < -0.39 is 0 Å². The normalized spacial score (nSPS) is 13.2. The van der Waals surface area contributed by atoms with Crippen LogP contribution in [0.3, 0.4) is 0 Å². The molecule has 0 bridgehead atoms. The minimum Gasteiger partial charge on any atom is -0.462 e. The largest absolute Gasteiger partial charge is 0.462 e. The zero-order valence-electron chi connectivity index (χ0n) is 10.00. The standard InChI is InChI=1S/C12H18ClNO2/c1-4-6-7-8-11(9-14-10(3)13)12(15)16-5-2/h7-9H,4-6H2,1-3H3/b8-7+,11-9+,14-10?. The van der Waals surface area contributed by atoms with Crippen molar-refractivity contribution in [1.82, 2.24) is 0 Å². The maximum absolute atomic E-state index is 11.5. The second-order valence-electron chi connectivity index (χ2n) is 3.12. The van der Waals surface area contributed by atoms with Gasteiger partial charge in [-0.3, -0.25) is 0 Å². The summed E-state index contributed by atoms with van der Waals surface area (Å²) in [4.78, 5) is 15.4. The number of carbonyl (C=O) groups excluding carboxylic acids is 1. The quantitative estimate of drug-likeness (QED) is 0.310. The van der Waals surface area contributed by atoms with Gasteiger partial charge in [0.15, 0.2) is 0 Å². The third kappa shape index (κ3) is 7.23. The number of carbonyl (C=O) groups is 1. The van der Waals surface area contributed by atoms with Crippen LogP contribution in [0.15, 0.2) is 28.9 Å². The van der Waals surface area contributed by atoms with Crippen LogP contribution in [0, 0.1) is 0 Å². The first-order valence-corrected chi connectivity index (χ1v) is 5.73. The van der Waals surface area contributed by atoms with Gasteiger partial charge >= 0.3 is 5.97 Å². The number of halogens is 1. The van der Waals surface area contributed by atoms with Crippen molar-refractivity contribution in [1.29, 1.82) is 0 Å². The highest BCUT2D eigenvalue weighted by molar-refractivity contribution is 6.64. The average Bonchev–Trinajstić information content (AvgIpc) is 2.23. The molecule has 0 rings (SSSR count). The SMILES string of the molecule is CCC/C=C/C(=C\N=C(C)Cl)C(=O)OCC. The van der Waals surface area contributed by atoms with Crippen LogP contribution in [0.1, 0.15) is 33.6 Å². The molecule has 0 aliphatic heterocycles. The lowest BCUT2D eigenvalue weighted by atomic mass is 10.2. The predicted molar refractivity (Wildman–Crippen MR) is 67.7 cm³/mol. The maximum Gasteiger partial charge on any atom is 0.339 e. The van der Waals surface area contributed by atoms with Crippen molar-refractivity contribution in [2.24, 2.45) is 4.99 Å². The van der Waals surface area contributed by atoms with Gasteiger partial charge in [-0.1, -0.05) is 37.1 Å². The molecule has 0 amide bonds. The van der Waals surface area contributed by atoms with Gasteiger partial charge in [0.2, 0.25) is 0 Å². The highest BCUT2D eigenvalue weighted by atomic mass is 35.5. The molecule has 0 aromatic heterocycles. The maximum atomic E-state index is 11.5. The summed E-state index contributed by atoms with van der Waals surface area (Å²) >= 11 is 5.59. The van der Waals surface area contributed by atoms with Crippen LogP contribution in [0.4, 0.5) is 0 Å². The van der Waals surface area contributed by atoms with Crippen molar-refractivity contribution >= 4 is 22.7 Å². The van der Waals surface area contributed by atoms with E-state index in [0.29, 0.717) is 17.4 Å². The summed E-state index contributed by atoms with van der Waals surface area (Å²) in [5.41, 5.74) is 0.412. The van der Waals surface area contributed by atoms with Crippen LogP contribution >= 0.6 is 11.6 Å². The molecule has 0 aliphatic carbocycles. The molecule has 0 fully saturated rings. The molecule has 0 atom stereocenters. The lowest BCUT2D eigenvalue weighted by molar-refractivity contribution is -0.138. The van der Waals surface area contributed by atoms with E-state index in [1.165, 1.54) is 6.20 Å². The molecule has 3 nitrogen and oxygen atoms in total. The molecule has 0 radical (unpaired) electrons. The number of hydrogen-bond acceptors (Lipinski definition) is 3. The molecule has 0 unspecified atom stereocenters. The summed E-state index contributed by atoms with van der Waals surface area (Å²) in [6.45, 7) is 5.83. The van der Waals surface area contributed by atoms with Crippen LogP contribution in [-0.2, 0) is 9.53 Å². The van der Waals surface area contributed by atoms with E-state index in [2.05, 4.69) is 11.9 Å². The molecule has 0 saturated carbocycles. The van der Waals surface area contributed by atoms with Gasteiger partial charge in [-0.2, -0.15) is 0 Å². The van der Waals surface area contributed by atoms with Gasteiger partial charge in [-0.15, -0.1) is 0 Å². The summed E-state index contributed by atoms with van der Waals surface area (Å²) in [5, 5.41) is 0.380. The Bertz CT molecular complexity index is 302. The van der Waals surface area contributed by atoms with Crippen molar-refractivity contribution in [3.63, 3.8) is 0 Å². The zero-order valence-corrected chi connectivity index (χ0v) is 10.8. The molecule has 4 heteroatoms. The number of esters is 1. The van der Waals surface area contributed by atoms with Crippen LogP contribution in [0.25, 0.3) is 0 Å². The van der Waals surface area contributed by atoms with Crippen molar-refractivity contribution in [3.05, 3.63) is 23.9 Å². The number of unbranched alkanes of at least 4 members (excludes halogenated alkanes) is 1. The fourth-order valence-electron chi connectivity index (χ4n) is 0.914. The van der Waals surface area contributed by atoms with Gasteiger partial charge in [-0.25, -0.2) is 9.79 Å². The van der Waals surface area contributed by atoms with Gasteiger partial charge in [0.1, 0.15) is 5.17 Å². The third-order valence-corrected chi connectivity index (χ3v) is 1.74. The summed E-state index contributed by atoms with van der Waals surface area (Å²) < 4.78 is 4.90. The Morgan fingerprint density at radius 3 is 2.62 bits per heavy atom. The molecular weight excluding hydrogens is 226 g/mol. The monoisotopic (exact) mass is 243 g/mol. The molecule has 0 heterocycles. The Balaban J connectivity index is 4.69. The van der Waals surface area contributed by atoms with Gasteiger partial charge in [0.05, 0.1) is 12.2 Å². The number of hydrogen-bond donors (Lipinski definition) is 0. The van der Waals surface area contributed by atoms with E-state index in [-0.39, 0.29) is 5.97 Å². The second kappa shape index (κ2) is 9.16. The molecule has 0 aliphatic rings. The van der Waals surface area contributed by atoms with Gasteiger partial charge < -0.3 is 4.74 Å². The van der Waals surface area contributed by atoms with Crippen molar-refractivity contribution in [3.8, 4) is 0 Å². The average molecular weight is 244 g/mol. The molecule has 0 spiro atoms. The number of nitrogens with zero attached hydrogens (tertiary/aromatic N) is 1. The minimum absolute atomic E-state index is 0.349. The smallest absolute Gasteiger partial charge is 0.339 e.